The molecule has 5 heteroatoms. The number of aromatic nitrogens is 1. The van der Waals surface area contributed by atoms with Crippen LogP contribution in [0.5, 0.6) is 0 Å². The second-order valence-electron chi connectivity index (χ2n) is 5.43. The molecular formula is C16H29N3O2. The monoisotopic (exact) mass is 295 g/mol. The molecule has 1 N–H and O–H groups in total. The Labute approximate surface area is 128 Å². The Kier molecular flexibility index (Phi) is 8.27. The summed E-state index contributed by atoms with van der Waals surface area (Å²) in [6, 6.07) is 2.60. The topological polar surface area (TPSA) is 46.6 Å². The van der Waals surface area contributed by atoms with Gasteiger partial charge in [0, 0.05) is 46.1 Å². The van der Waals surface area contributed by atoms with Crippen LogP contribution in [0.3, 0.4) is 0 Å². The number of ether oxygens (including phenoxy) is 2. The second kappa shape index (κ2) is 9.71. The van der Waals surface area contributed by atoms with Crippen molar-refractivity contribution in [2.75, 3.05) is 45.4 Å². The summed E-state index contributed by atoms with van der Waals surface area (Å²) in [6.07, 6.45) is 1.95. The van der Waals surface area contributed by atoms with Gasteiger partial charge in [0.2, 0.25) is 0 Å². The van der Waals surface area contributed by atoms with E-state index in [-0.39, 0.29) is 0 Å². The van der Waals surface area contributed by atoms with Gasteiger partial charge in [-0.05, 0) is 38.0 Å². The zero-order valence-electron chi connectivity index (χ0n) is 14.0. The SMILES string of the molecule is COCCNCc1cnc(N(CCOC)C(C)C)c(C)c1. The molecule has 0 atom stereocenters. The van der Waals surface area contributed by atoms with Gasteiger partial charge in [0.05, 0.1) is 13.2 Å². The first-order chi connectivity index (χ1) is 10.1. The zero-order valence-corrected chi connectivity index (χ0v) is 14.0. The number of hydrogen-bond donors (Lipinski definition) is 1. The standard InChI is InChI=1S/C16H29N3O2/c1-13(2)19(7-9-21-5)16-14(3)10-15(12-18-16)11-17-6-8-20-4/h10,12-13,17H,6-9,11H2,1-5H3. The number of hydrogen-bond acceptors (Lipinski definition) is 5. The molecule has 0 fully saturated rings. The van der Waals surface area contributed by atoms with E-state index in [1.807, 2.05) is 6.20 Å². The molecule has 0 radical (unpaired) electrons. The largest absolute Gasteiger partial charge is 0.383 e. The van der Waals surface area contributed by atoms with E-state index >= 15 is 0 Å². The van der Waals surface area contributed by atoms with E-state index < -0.39 is 0 Å². The van der Waals surface area contributed by atoms with Gasteiger partial charge in [0.1, 0.15) is 5.82 Å². The highest BCUT2D eigenvalue weighted by Gasteiger charge is 2.14. The summed E-state index contributed by atoms with van der Waals surface area (Å²) in [5.41, 5.74) is 2.40. The van der Waals surface area contributed by atoms with Crippen LogP contribution in [0.2, 0.25) is 0 Å². The fourth-order valence-corrected chi connectivity index (χ4v) is 2.23. The smallest absolute Gasteiger partial charge is 0.131 e. The molecule has 0 spiro atoms. The normalized spacial score (nSPS) is 11.1. The maximum atomic E-state index is 5.19. The maximum Gasteiger partial charge on any atom is 0.131 e. The van der Waals surface area contributed by atoms with Gasteiger partial charge in [0.25, 0.3) is 0 Å². The number of nitrogens with zero attached hydrogens (tertiary/aromatic N) is 2. The van der Waals surface area contributed by atoms with Crippen LogP contribution in [-0.2, 0) is 16.0 Å². The van der Waals surface area contributed by atoms with Crippen LogP contribution in [0, 0.1) is 6.92 Å². The Hall–Kier alpha value is -1.17. The number of nitrogens with one attached hydrogen (secondary N) is 1. The quantitative estimate of drug-likeness (QED) is 0.669. The number of anilines is 1. The molecule has 1 heterocycles. The van der Waals surface area contributed by atoms with Crippen LogP contribution in [0.1, 0.15) is 25.0 Å². The highest BCUT2D eigenvalue weighted by atomic mass is 16.5. The molecule has 0 bridgehead atoms. The molecule has 120 valence electrons. The summed E-state index contributed by atoms with van der Waals surface area (Å²) in [7, 11) is 3.44. The van der Waals surface area contributed by atoms with Crippen molar-refractivity contribution >= 4 is 5.82 Å². The van der Waals surface area contributed by atoms with Gasteiger partial charge in [-0.3, -0.25) is 0 Å². The third-order valence-electron chi connectivity index (χ3n) is 3.35. The number of methoxy groups -OCH3 is 2. The van der Waals surface area contributed by atoms with Gasteiger partial charge in [0.15, 0.2) is 0 Å². The molecule has 0 aliphatic rings. The molecule has 1 aromatic heterocycles. The Morgan fingerprint density at radius 2 is 1.95 bits per heavy atom. The molecule has 0 saturated heterocycles. The summed E-state index contributed by atoms with van der Waals surface area (Å²) in [5, 5.41) is 3.34. The molecule has 0 aliphatic carbocycles. The van der Waals surface area contributed by atoms with Gasteiger partial charge >= 0.3 is 0 Å². The highest BCUT2D eigenvalue weighted by Crippen LogP contribution is 2.20. The Morgan fingerprint density at radius 1 is 1.24 bits per heavy atom. The first-order valence-electron chi connectivity index (χ1n) is 7.51. The minimum atomic E-state index is 0.400. The van der Waals surface area contributed by atoms with E-state index in [2.05, 4.69) is 42.0 Å². The van der Waals surface area contributed by atoms with Crippen molar-refractivity contribution in [3.63, 3.8) is 0 Å². The van der Waals surface area contributed by atoms with E-state index in [1.165, 1.54) is 11.1 Å². The molecule has 0 aliphatic heterocycles. The third kappa shape index (κ3) is 5.99. The van der Waals surface area contributed by atoms with Crippen LogP contribution in [-0.4, -0.2) is 51.5 Å². The lowest BCUT2D eigenvalue weighted by Gasteiger charge is -2.29. The molecule has 1 rings (SSSR count). The van der Waals surface area contributed by atoms with Crippen LogP contribution in [0.4, 0.5) is 5.82 Å². The number of rotatable bonds is 10. The fraction of sp³-hybridized carbons (Fsp3) is 0.688. The van der Waals surface area contributed by atoms with Gasteiger partial charge < -0.3 is 19.7 Å². The van der Waals surface area contributed by atoms with Crippen molar-refractivity contribution in [2.45, 2.75) is 33.4 Å². The fourth-order valence-electron chi connectivity index (χ4n) is 2.23. The maximum absolute atomic E-state index is 5.19. The predicted octanol–water partition coefficient (Wildman–Crippen LogP) is 1.99. The highest BCUT2D eigenvalue weighted by molar-refractivity contribution is 5.48. The molecular weight excluding hydrogens is 266 g/mol. The summed E-state index contributed by atoms with van der Waals surface area (Å²) in [4.78, 5) is 6.93. The second-order valence-corrected chi connectivity index (χ2v) is 5.43. The molecule has 0 unspecified atom stereocenters. The molecule has 1 aromatic rings. The number of aryl methyl sites for hydroxylation is 1. The average Bonchev–Trinajstić information content (AvgIpc) is 2.45. The van der Waals surface area contributed by atoms with E-state index in [9.17, 15) is 0 Å². The van der Waals surface area contributed by atoms with Crippen LogP contribution >= 0.6 is 0 Å². The van der Waals surface area contributed by atoms with Gasteiger partial charge in [-0.15, -0.1) is 0 Å². The summed E-state index contributed by atoms with van der Waals surface area (Å²) in [6.45, 7) is 10.4. The lowest BCUT2D eigenvalue weighted by Crippen LogP contribution is -2.35. The van der Waals surface area contributed by atoms with Gasteiger partial charge in [-0.1, -0.05) is 0 Å². The molecule has 0 aromatic carbocycles. The average molecular weight is 295 g/mol. The van der Waals surface area contributed by atoms with E-state index in [4.69, 9.17) is 9.47 Å². The Morgan fingerprint density at radius 3 is 2.52 bits per heavy atom. The lowest BCUT2D eigenvalue weighted by molar-refractivity contribution is 0.199. The van der Waals surface area contributed by atoms with E-state index in [0.717, 1.165) is 32.1 Å². The first-order valence-corrected chi connectivity index (χ1v) is 7.51. The molecule has 21 heavy (non-hydrogen) atoms. The van der Waals surface area contributed by atoms with E-state index in [1.54, 1.807) is 14.2 Å². The first kappa shape index (κ1) is 17.9. The van der Waals surface area contributed by atoms with Crippen molar-refractivity contribution < 1.29 is 9.47 Å². The minimum Gasteiger partial charge on any atom is -0.383 e. The van der Waals surface area contributed by atoms with Crippen molar-refractivity contribution in [3.05, 3.63) is 23.4 Å². The third-order valence-corrected chi connectivity index (χ3v) is 3.35. The summed E-state index contributed by atoms with van der Waals surface area (Å²) in [5.74, 6) is 1.04. The van der Waals surface area contributed by atoms with Gasteiger partial charge in [-0.25, -0.2) is 4.98 Å². The van der Waals surface area contributed by atoms with Crippen molar-refractivity contribution in [1.29, 1.82) is 0 Å². The molecule has 0 amide bonds. The minimum absolute atomic E-state index is 0.400. The van der Waals surface area contributed by atoms with Gasteiger partial charge in [-0.2, -0.15) is 0 Å². The Balaban J connectivity index is 2.70. The zero-order chi connectivity index (χ0) is 15.7. The molecule has 0 saturated carbocycles. The van der Waals surface area contributed by atoms with Crippen molar-refractivity contribution in [1.82, 2.24) is 10.3 Å². The lowest BCUT2D eigenvalue weighted by atomic mass is 10.1. The van der Waals surface area contributed by atoms with Crippen molar-refractivity contribution in [2.24, 2.45) is 0 Å². The van der Waals surface area contributed by atoms with Crippen LogP contribution < -0.4 is 10.2 Å². The molecule has 5 nitrogen and oxygen atoms in total. The summed E-state index contributed by atoms with van der Waals surface area (Å²) < 4.78 is 10.2. The van der Waals surface area contributed by atoms with Crippen molar-refractivity contribution in [3.8, 4) is 0 Å². The van der Waals surface area contributed by atoms with Crippen LogP contribution in [0.25, 0.3) is 0 Å². The summed E-state index contributed by atoms with van der Waals surface area (Å²) >= 11 is 0. The number of pyridine rings is 1. The Bertz CT molecular complexity index is 411. The van der Waals surface area contributed by atoms with E-state index in [0.29, 0.717) is 12.6 Å². The predicted molar refractivity (Wildman–Crippen MR) is 86.9 cm³/mol. The van der Waals surface area contributed by atoms with Crippen LogP contribution in [0.15, 0.2) is 12.3 Å².